The summed E-state index contributed by atoms with van der Waals surface area (Å²) in [5.41, 5.74) is 0.892. The van der Waals surface area contributed by atoms with Crippen molar-refractivity contribution in [3.63, 3.8) is 0 Å². The van der Waals surface area contributed by atoms with Gasteiger partial charge >= 0.3 is 0 Å². The third-order valence-electron chi connectivity index (χ3n) is 2.46. The smallest absolute Gasteiger partial charge is 0.226 e. The molecule has 5 heteroatoms. The molecule has 18 heavy (non-hydrogen) atoms. The number of hydrogen-bond acceptors (Lipinski definition) is 5. The van der Waals surface area contributed by atoms with Crippen molar-refractivity contribution in [2.24, 2.45) is 0 Å². The van der Waals surface area contributed by atoms with Crippen LogP contribution in [0.1, 0.15) is 32.4 Å². The van der Waals surface area contributed by atoms with Gasteiger partial charge in [-0.1, -0.05) is 13.3 Å². The molecule has 0 radical (unpaired) electrons. The first-order valence-electron chi connectivity index (χ1n) is 6.43. The summed E-state index contributed by atoms with van der Waals surface area (Å²) in [6.07, 6.45) is 2.11. The lowest BCUT2D eigenvalue weighted by Crippen LogP contribution is -2.26. The first-order valence-corrected chi connectivity index (χ1v) is 6.43. The maximum Gasteiger partial charge on any atom is 0.226 e. The van der Waals surface area contributed by atoms with Crippen LogP contribution in [-0.4, -0.2) is 36.3 Å². The van der Waals surface area contributed by atoms with E-state index in [1.54, 1.807) is 7.11 Å². The van der Waals surface area contributed by atoms with Crippen molar-refractivity contribution in [2.75, 3.05) is 25.6 Å². The highest BCUT2D eigenvalue weighted by molar-refractivity contribution is 5.31. The Kier molecular flexibility index (Phi) is 6.43. The average Bonchev–Trinajstić information content (AvgIpc) is 2.29. The molecule has 1 atom stereocenters. The summed E-state index contributed by atoms with van der Waals surface area (Å²) in [5.74, 6) is 1.22. The molecule has 0 spiro atoms. The van der Waals surface area contributed by atoms with E-state index < -0.39 is 0 Å². The quantitative estimate of drug-likeness (QED) is 0.771. The number of hydrogen-bond donors (Lipinski definition) is 1. The Labute approximate surface area is 109 Å². The van der Waals surface area contributed by atoms with Crippen LogP contribution < -0.4 is 10.1 Å². The van der Waals surface area contributed by atoms with Gasteiger partial charge in [0.05, 0.1) is 19.3 Å². The summed E-state index contributed by atoms with van der Waals surface area (Å²) in [6.45, 7) is 7.27. The van der Waals surface area contributed by atoms with Gasteiger partial charge in [-0.2, -0.15) is 4.98 Å². The lowest BCUT2D eigenvalue weighted by molar-refractivity contribution is 0.182. The van der Waals surface area contributed by atoms with Crippen LogP contribution in [-0.2, 0) is 4.74 Å². The minimum Gasteiger partial charge on any atom is -0.478 e. The fourth-order valence-corrected chi connectivity index (χ4v) is 1.76. The van der Waals surface area contributed by atoms with Gasteiger partial charge in [0.15, 0.2) is 0 Å². The first-order chi connectivity index (χ1) is 8.69. The molecule has 0 amide bonds. The first kappa shape index (κ1) is 14.7. The van der Waals surface area contributed by atoms with Gasteiger partial charge in [0.25, 0.3) is 0 Å². The largest absolute Gasteiger partial charge is 0.478 e. The molecule has 1 heterocycles. The predicted octanol–water partition coefficient (Wildman–Crippen LogP) is 2.41. The number of methoxy groups -OCH3 is 1. The molecule has 102 valence electrons. The highest BCUT2D eigenvalue weighted by Gasteiger charge is 2.10. The van der Waals surface area contributed by atoms with Crippen LogP contribution in [0.15, 0.2) is 6.07 Å². The molecule has 0 aliphatic rings. The zero-order valence-corrected chi connectivity index (χ0v) is 11.7. The van der Waals surface area contributed by atoms with Crippen LogP contribution in [0.4, 0.5) is 5.95 Å². The van der Waals surface area contributed by atoms with Crippen LogP contribution in [0, 0.1) is 6.92 Å². The number of nitrogens with one attached hydrogen (secondary N) is 1. The van der Waals surface area contributed by atoms with Crippen LogP contribution in [0.3, 0.4) is 0 Å². The van der Waals surface area contributed by atoms with Gasteiger partial charge < -0.3 is 14.8 Å². The highest BCUT2D eigenvalue weighted by Crippen LogP contribution is 2.13. The van der Waals surface area contributed by atoms with Crippen molar-refractivity contribution in [3.05, 3.63) is 11.8 Å². The Balaban J connectivity index is 2.74. The monoisotopic (exact) mass is 253 g/mol. The molecule has 1 aromatic rings. The number of aryl methyl sites for hydroxylation is 1. The standard InChI is InChI=1S/C13H23N3O2/c1-5-7-11(9-17-4)15-13-14-10(3)8-12(16-13)18-6-2/h8,11H,5-7,9H2,1-4H3,(H,14,15,16). The number of rotatable bonds is 8. The number of aromatic nitrogens is 2. The Morgan fingerprint density at radius 2 is 2.11 bits per heavy atom. The SMILES string of the molecule is CCCC(COC)Nc1nc(C)cc(OCC)n1. The second-order valence-electron chi connectivity index (χ2n) is 4.19. The molecule has 1 N–H and O–H groups in total. The second kappa shape index (κ2) is 7.87. The topological polar surface area (TPSA) is 56.3 Å². The third-order valence-corrected chi connectivity index (χ3v) is 2.46. The minimum absolute atomic E-state index is 0.233. The third kappa shape index (κ3) is 4.87. The second-order valence-corrected chi connectivity index (χ2v) is 4.19. The summed E-state index contributed by atoms with van der Waals surface area (Å²) >= 11 is 0. The summed E-state index contributed by atoms with van der Waals surface area (Å²) < 4.78 is 10.6. The van der Waals surface area contributed by atoms with Crippen molar-refractivity contribution in [3.8, 4) is 5.88 Å². The van der Waals surface area contributed by atoms with Crippen LogP contribution in [0.2, 0.25) is 0 Å². The molecular weight excluding hydrogens is 230 g/mol. The number of anilines is 1. The lowest BCUT2D eigenvalue weighted by Gasteiger charge is -2.17. The van der Waals surface area contributed by atoms with Crippen molar-refractivity contribution >= 4 is 5.95 Å². The molecule has 0 saturated heterocycles. The van der Waals surface area contributed by atoms with E-state index >= 15 is 0 Å². The van der Waals surface area contributed by atoms with Gasteiger partial charge in [0, 0.05) is 18.9 Å². The highest BCUT2D eigenvalue weighted by atomic mass is 16.5. The lowest BCUT2D eigenvalue weighted by atomic mass is 10.2. The van der Waals surface area contributed by atoms with Crippen molar-refractivity contribution in [1.29, 1.82) is 0 Å². The summed E-state index contributed by atoms with van der Waals surface area (Å²) in [5, 5.41) is 3.29. The zero-order valence-electron chi connectivity index (χ0n) is 11.7. The molecule has 1 unspecified atom stereocenters. The van der Waals surface area contributed by atoms with Gasteiger partial charge in [-0.25, -0.2) is 4.98 Å². The molecular formula is C13H23N3O2. The molecule has 0 bridgehead atoms. The van der Waals surface area contributed by atoms with E-state index in [0.29, 0.717) is 25.0 Å². The fourth-order valence-electron chi connectivity index (χ4n) is 1.76. The van der Waals surface area contributed by atoms with E-state index in [2.05, 4.69) is 22.2 Å². The molecule has 0 fully saturated rings. The van der Waals surface area contributed by atoms with Crippen LogP contribution in [0.25, 0.3) is 0 Å². The maximum atomic E-state index is 5.41. The molecule has 1 rings (SSSR count). The van der Waals surface area contributed by atoms with E-state index in [1.165, 1.54) is 0 Å². The zero-order chi connectivity index (χ0) is 13.4. The van der Waals surface area contributed by atoms with Crippen molar-refractivity contribution < 1.29 is 9.47 Å². The van der Waals surface area contributed by atoms with E-state index in [9.17, 15) is 0 Å². The van der Waals surface area contributed by atoms with E-state index in [4.69, 9.17) is 9.47 Å². The fraction of sp³-hybridized carbons (Fsp3) is 0.692. The Morgan fingerprint density at radius 3 is 2.72 bits per heavy atom. The molecule has 0 aliphatic carbocycles. The summed E-state index contributed by atoms with van der Waals surface area (Å²) in [4.78, 5) is 8.69. The molecule has 0 saturated carbocycles. The molecule has 0 aliphatic heterocycles. The van der Waals surface area contributed by atoms with Gasteiger partial charge in [0.2, 0.25) is 11.8 Å². The van der Waals surface area contributed by atoms with E-state index in [-0.39, 0.29) is 6.04 Å². The molecule has 1 aromatic heterocycles. The van der Waals surface area contributed by atoms with E-state index in [1.807, 2.05) is 19.9 Å². The predicted molar refractivity (Wildman–Crippen MR) is 72.1 cm³/mol. The molecule has 0 aromatic carbocycles. The van der Waals surface area contributed by atoms with Gasteiger partial charge in [-0.05, 0) is 20.3 Å². The van der Waals surface area contributed by atoms with E-state index in [0.717, 1.165) is 18.5 Å². The summed E-state index contributed by atoms with van der Waals surface area (Å²) in [7, 11) is 1.70. The maximum absolute atomic E-state index is 5.41. The Hall–Kier alpha value is -1.36. The van der Waals surface area contributed by atoms with Crippen LogP contribution in [0.5, 0.6) is 5.88 Å². The average molecular weight is 253 g/mol. The summed E-state index contributed by atoms with van der Waals surface area (Å²) in [6, 6.07) is 2.07. The Bertz CT molecular complexity index is 352. The number of nitrogens with zero attached hydrogens (tertiary/aromatic N) is 2. The van der Waals surface area contributed by atoms with Crippen molar-refractivity contribution in [1.82, 2.24) is 9.97 Å². The normalized spacial score (nSPS) is 12.2. The van der Waals surface area contributed by atoms with Crippen LogP contribution >= 0.6 is 0 Å². The Morgan fingerprint density at radius 1 is 1.33 bits per heavy atom. The van der Waals surface area contributed by atoms with Crippen molar-refractivity contribution in [2.45, 2.75) is 39.7 Å². The number of ether oxygens (including phenoxy) is 2. The van der Waals surface area contributed by atoms with Gasteiger partial charge in [0.1, 0.15) is 0 Å². The van der Waals surface area contributed by atoms with Gasteiger partial charge in [-0.15, -0.1) is 0 Å². The van der Waals surface area contributed by atoms with Gasteiger partial charge in [-0.3, -0.25) is 0 Å². The minimum atomic E-state index is 0.233. The molecule has 5 nitrogen and oxygen atoms in total.